The first-order chi connectivity index (χ1) is 10.1. The Hall–Kier alpha value is -0.690. The van der Waals surface area contributed by atoms with Gasteiger partial charge in [-0.1, -0.05) is 0 Å². The van der Waals surface area contributed by atoms with Crippen molar-refractivity contribution >= 4 is 5.97 Å². The highest BCUT2D eigenvalue weighted by Crippen LogP contribution is 2.32. The van der Waals surface area contributed by atoms with E-state index in [2.05, 4.69) is 5.32 Å². The summed E-state index contributed by atoms with van der Waals surface area (Å²) in [5.41, 5.74) is -0.724. The van der Waals surface area contributed by atoms with Crippen LogP contribution in [0.1, 0.15) is 32.6 Å². The van der Waals surface area contributed by atoms with Crippen LogP contribution in [0, 0.1) is 5.92 Å². The van der Waals surface area contributed by atoms with E-state index in [1.807, 2.05) is 6.92 Å². The van der Waals surface area contributed by atoms with Crippen LogP contribution < -0.4 is 5.32 Å². The summed E-state index contributed by atoms with van der Waals surface area (Å²) < 4.78 is 15.9. The van der Waals surface area contributed by atoms with Crippen molar-refractivity contribution in [2.24, 2.45) is 5.92 Å². The van der Waals surface area contributed by atoms with Crippen LogP contribution in [0.15, 0.2) is 0 Å². The van der Waals surface area contributed by atoms with Crippen molar-refractivity contribution in [3.8, 4) is 0 Å². The monoisotopic (exact) mass is 301 g/mol. The lowest BCUT2D eigenvalue weighted by molar-refractivity contribution is -0.151. The second kappa shape index (κ2) is 8.08. The number of rotatable bonds is 6. The van der Waals surface area contributed by atoms with Crippen LogP contribution in [0.3, 0.4) is 0 Å². The zero-order chi connectivity index (χ0) is 15.1. The van der Waals surface area contributed by atoms with Gasteiger partial charge >= 0.3 is 5.97 Å². The SMILES string of the molecule is CCOC(=O)C1CCC(O)(CNCC2COCCO2)CC1. The van der Waals surface area contributed by atoms with E-state index >= 15 is 0 Å². The van der Waals surface area contributed by atoms with Crippen LogP contribution in [0.4, 0.5) is 0 Å². The van der Waals surface area contributed by atoms with Crippen LogP contribution in [0.5, 0.6) is 0 Å². The third kappa shape index (κ3) is 5.21. The molecule has 2 N–H and O–H groups in total. The molecule has 2 aliphatic rings. The summed E-state index contributed by atoms with van der Waals surface area (Å²) in [6.45, 7) is 5.36. The number of aliphatic hydroxyl groups is 1. The van der Waals surface area contributed by atoms with Gasteiger partial charge in [-0.05, 0) is 32.6 Å². The van der Waals surface area contributed by atoms with Gasteiger partial charge in [0.1, 0.15) is 0 Å². The Morgan fingerprint density at radius 3 is 2.76 bits per heavy atom. The maximum Gasteiger partial charge on any atom is 0.308 e. The van der Waals surface area contributed by atoms with E-state index in [0.29, 0.717) is 65.2 Å². The number of ether oxygens (including phenoxy) is 3. The summed E-state index contributed by atoms with van der Waals surface area (Å²) in [5.74, 6) is -0.180. The molecule has 1 heterocycles. The lowest BCUT2D eigenvalue weighted by atomic mass is 9.79. The van der Waals surface area contributed by atoms with Gasteiger partial charge in [0.15, 0.2) is 0 Å². The first-order valence-electron chi connectivity index (χ1n) is 7.92. The molecule has 0 amide bonds. The Balaban J connectivity index is 1.65. The van der Waals surface area contributed by atoms with Gasteiger partial charge in [-0.3, -0.25) is 4.79 Å². The number of carbonyl (C=O) groups is 1. The Bertz CT molecular complexity index is 322. The Kier molecular flexibility index (Phi) is 6.41. The second-order valence-electron chi connectivity index (χ2n) is 5.95. The minimum Gasteiger partial charge on any atom is -0.466 e. The maximum absolute atomic E-state index is 11.7. The van der Waals surface area contributed by atoms with Gasteiger partial charge in [-0.15, -0.1) is 0 Å². The molecule has 0 aromatic carbocycles. The average Bonchev–Trinajstić information content (AvgIpc) is 2.49. The zero-order valence-electron chi connectivity index (χ0n) is 12.8. The third-order valence-corrected chi connectivity index (χ3v) is 4.25. The van der Waals surface area contributed by atoms with Crippen LogP contribution in [-0.2, 0) is 19.0 Å². The molecule has 1 aliphatic heterocycles. The molecule has 0 aromatic rings. The molecule has 6 nitrogen and oxygen atoms in total. The molecule has 122 valence electrons. The smallest absolute Gasteiger partial charge is 0.308 e. The molecule has 6 heteroatoms. The molecule has 0 spiro atoms. The van der Waals surface area contributed by atoms with Crippen molar-refractivity contribution in [2.45, 2.75) is 44.3 Å². The molecule has 1 atom stereocenters. The summed E-state index contributed by atoms with van der Waals surface area (Å²) in [4.78, 5) is 11.7. The fourth-order valence-corrected chi connectivity index (χ4v) is 2.95. The van der Waals surface area contributed by atoms with Crippen molar-refractivity contribution < 1.29 is 24.1 Å². The molecular weight excluding hydrogens is 274 g/mol. The van der Waals surface area contributed by atoms with E-state index in [1.54, 1.807) is 0 Å². The fourth-order valence-electron chi connectivity index (χ4n) is 2.95. The molecule has 1 saturated heterocycles. The fraction of sp³-hybridized carbons (Fsp3) is 0.933. The molecule has 0 radical (unpaired) electrons. The van der Waals surface area contributed by atoms with Gasteiger partial charge in [0.2, 0.25) is 0 Å². The van der Waals surface area contributed by atoms with Crippen molar-refractivity contribution in [3.63, 3.8) is 0 Å². The predicted octanol–water partition coefficient (Wildman–Crippen LogP) is 0.476. The third-order valence-electron chi connectivity index (χ3n) is 4.25. The second-order valence-corrected chi connectivity index (χ2v) is 5.95. The summed E-state index contributed by atoms with van der Waals surface area (Å²) in [6, 6.07) is 0. The van der Waals surface area contributed by atoms with E-state index in [1.165, 1.54) is 0 Å². The summed E-state index contributed by atoms with van der Waals surface area (Å²) >= 11 is 0. The maximum atomic E-state index is 11.7. The number of carbonyl (C=O) groups excluding carboxylic acids is 1. The standard InChI is InChI=1S/C15H27NO5/c1-2-20-14(17)12-3-5-15(18,6-4-12)11-16-9-13-10-19-7-8-21-13/h12-13,16,18H,2-11H2,1H3. The molecule has 0 bridgehead atoms. The first-order valence-corrected chi connectivity index (χ1v) is 7.92. The number of esters is 1. The highest BCUT2D eigenvalue weighted by atomic mass is 16.6. The van der Waals surface area contributed by atoms with Gasteiger partial charge in [-0.2, -0.15) is 0 Å². The highest BCUT2D eigenvalue weighted by Gasteiger charge is 2.36. The molecule has 2 fully saturated rings. The lowest BCUT2D eigenvalue weighted by Crippen LogP contribution is -2.47. The van der Waals surface area contributed by atoms with Crippen molar-refractivity contribution in [3.05, 3.63) is 0 Å². The molecule has 1 saturated carbocycles. The number of hydrogen-bond donors (Lipinski definition) is 2. The van der Waals surface area contributed by atoms with E-state index in [-0.39, 0.29) is 18.0 Å². The Morgan fingerprint density at radius 1 is 1.38 bits per heavy atom. The number of hydrogen-bond acceptors (Lipinski definition) is 6. The van der Waals surface area contributed by atoms with Crippen molar-refractivity contribution in [1.82, 2.24) is 5.32 Å². The van der Waals surface area contributed by atoms with Gasteiger partial charge in [0.05, 0.1) is 44.1 Å². The van der Waals surface area contributed by atoms with E-state index in [4.69, 9.17) is 14.2 Å². The van der Waals surface area contributed by atoms with Gasteiger partial charge in [0.25, 0.3) is 0 Å². The van der Waals surface area contributed by atoms with Crippen LogP contribution in [-0.4, -0.2) is 62.3 Å². The molecule has 21 heavy (non-hydrogen) atoms. The zero-order valence-corrected chi connectivity index (χ0v) is 12.8. The Morgan fingerprint density at radius 2 is 2.14 bits per heavy atom. The largest absolute Gasteiger partial charge is 0.466 e. The average molecular weight is 301 g/mol. The van der Waals surface area contributed by atoms with E-state index in [0.717, 1.165) is 0 Å². The molecule has 1 aliphatic carbocycles. The summed E-state index contributed by atoms with van der Waals surface area (Å²) in [7, 11) is 0. The normalized spacial score (nSPS) is 33.6. The highest BCUT2D eigenvalue weighted by molar-refractivity contribution is 5.72. The van der Waals surface area contributed by atoms with Gasteiger partial charge in [0, 0.05) is 13.1 Å². The van der Waals surface area contributed by atoms with Crippen molar-refractivity contribution in [2.75, 3.05) is 39.5 Å². The molecule has 0 aromatic heterocycles. The minimum atomic E-state index is -0.724. The molecular formula is C15H27NO5. The summed E-state index contributed by atoms with van der Waals surface area (Å²) in [6.07, 6.45) is 2.72. The minimum absolute atomic E-state index is 0.0553. The number of nitrogens with one attached hydrogen (secondary N) is 1. The first kappa shape index (κ1) is 16.7. The Labute approximate surface area is 126 Å². The van der Waals surface area contributed by atoms with Crippen LogP contribution in [0.2, 0.25) is 0 Å². The summed E-state index contributed by atoms with van der Waals surface area (Å²) in [5, 5.41) is 13.8. The molecule has 1 unspecified atom stereocenters. The van der Waals surface area contributed by atoms with Crippen LogP contribution >= 0.6 is 0 Å². The van der Waals surface area contributed by atoms with Crippen molar-refractivity contribution in [1.29, 1.82) is 0 Å². The predicted molar refractivity (Wildman–Crippen MR) is 77.0 cm³/mol. The van der Waals surface area contributed by atoms with Gasteiger partial charge in [-0.25, -0.2) is 0 Å². The molecule has 2 rings (SSSR count). The lowest BCUT2D eigenvalue weighted by Gasteiger charge is -2.36. The van der Waals surface area contributed by atoms with E-state index < -0.39 is 5.60 Å². The van der Waals surface area contributed by atoms with Crippen LogP contribution in [0.25, 0.3) is 0 Å². The topological polar surface area (TPSA) is 77.0 Å². The quantitative estimate of drug-likeness (QED) is 0.695. The van der Waals surface area contributed by atoms with Gasteiger partial charge < -0.3 is 24.6 Å². The van der Waals surface area contributed by atoms with E-state index in [9.17, 15) is 9.90 Å².